The molecule has 1 heterocycles. The van der Waals surface area contributed by atoms with Crippen LogP contribution >= 0.6 is 11.6 Å². The molecule has 1 aliphatic rings. The monoisotopic (exact) mass is 370 g/mol. The summed E-state index contributed by atoms with van der Waals surface area (Å²) in [5.74, 6) is 0.687. The van der Waals surface area contributed by atoms with Crippen molar-refractivity contribution in [3.05, 3.63) is 71.3 Å². The Morgan fingerprint density at radius 3 is 2.38 bits per heavy atom. The van der Waals surface area contributed by atoms with E-state index in [1.807, 2.05) is 23.1 Å². The van der Waals surface area contributed by atoms with Crippen molar-refractivity contribution in [2.24, 2.45) is 0 Å². The molecule has 1 aliphatic heterocycles. The van der Waals surface area contributed by atoms with Crippen LogP contribution in [-0.4, -0.2) is 55.0 Å². The summed E-state index contributed by atoms with van der Waals surface area (Å²) >= 11 is 5.84. The first kappa shape index (κ1) is 18.5. The van der Waals surface area contributed by atoms with Crippen molar-refractivity contribution < 1.29 is 9.53 Å². The standard InChI is InChI=1S/C21H23ClN2O2/c22-19-8-10-20(11-9-19)26-17-21(25)24-15-13-23(14-16-24)12-4-7-18-5-2-1-3-6-18/h1-11H,12-17H2/b7-4-. The van der Waals surface area contributed by atoms with Crippen LogP contribution in [0.3, 0.4) is 0 Å². The molecule has 2 aromatic carbocycles. The van der Waals surface area contributed by atoms with Gasteiger partial charge in [0.25, 0.3) is 5.91 Å². The summed E-state index contributed by atoms with van der Waals surface area (Å²) in [6.07, 6.45) is 4.31. The molecule has 0 saturated carbocycles. The second kappa shape index (κ2) is 9.41. The molecule has 1 fully saturated rings. The highest BCUT2D eigenvalue weighted by atomic mass is 35.5. The first-order valence-corrected chi connectivity index (χ1v) is 9.18. The Morgan fingerprint density at radius 2 is 1.69 bits per heavy atom. The number of ether oxygens (including phenoxy) is 1. The number of rotatable bonds is 6. The Morgan fingerprint density at radius 1 is 1.00 bits per heavy atom. The first-order chi connectivity index (χ1) is 12.7. The van der Waals surface area contributed by atoms with Gasteiger partial charge in [0, 0.05) is 37.7 Å². The molecule has 0 bridgehead atoms. The molecule has 0 N–H and O–H groups in total. The van der Waals surface area contributed by atoms with Crippen LogP contribution in [0.5, 0.6) is 5.75 Å². The molecular weight excluding hydrogens is 348 g/mol. The average molecular weight is 371 g/mol. The van der Waals surface area contributed by atoms with Gasteiger partial charge in [-0.15, -0.1) is 0 Å². The summed E-state index contributed by atoms with van der Waals surface area (Å²) < 4.78 is 5.54. The molecule has 0 radical (unpaired) electrons. The van der Waals surface area contributed by atoms with Crippen LogP contribution in [0.25, 0.3) is 6.08 Å². The minimum absolute atomic E-state index is 0.0272. The number of hydrogen-bond donors (Lipinski definition) is 0. The zero-order valence-corrected chi connectivity index (χ0v) is 15.4. The van der Waals surface area contributed by atoms with Crippen molar-refractivity contribution in [2.45, 2.75) is 0 Å². The molecule has 0 aliphatic carbocycles. The molecular formula is C21H23ClN2O2. The van der Waals surface area contributed by atoms with Gasteiger partial charge in [-0.3, -0.25) is 9.69 Å². The van der Waals surface area contributed by atoms with Gasteiger partial charge in [0.1, 0.15) is 5.75 Å². The fourth-order valence-electron chi connectivity index (χ4n) is 2.85. The van der Waals surface area contributed by atoms with E-state index in [2.05, 4.69) is 29.2 Å². The maximum Gasteiger partial charge on any atom is 0.260 e. The molecule has 4 nitrogen and oxygen atoms in total. The van der Waals surface area contributed by atoms with Crippen molar-refractivity contribution >= 4 is 23.6 Å². The van der Waals surface area contributed by atoms with Gasteiger partial charge in [0.2, 0.25) is 0 Å². The first-order valence-electron chi connectivity index (χ1n) is 8.81. The number of nitrogens with zero attached hydrogens (tertiary/aromatic N) is 2. The summed E-state index contributed by atoms with van der Waals surface area (Å²) in [4.78, 5) is 16.5. The van der Waals surface area contributed by atoms with Gasteiger partial charge in [-0.25, -0.2) is 0 Å². The van der Waals surface area contributed by atoms with E-state index < -0.39 is 0 Å². The number of carbonyl (C=O) groups excluding carboxylic acids is 1. The Hall–Kier alpha value is -2.30. The number of halogens is 1. The van der Waals surface area contributed by atoms with Crippen molar-refractivity contribution in [1.29, 1.82) is 0 Å². The van der Waals surface area contributed by atoms with E-state index >= 15 is 0 Å². The lowest BCUT2D eigenvalue weighted by Crippen LogP contribution is -2.49. The van der Waals surface area contributed by atoms with Crippen LogP contribution in [0.1, 0.15) is 5.56 Å². The van der Waals surface area contributed by atoms with Crippen LogP contribution in [0.2, 0.25) is 5.02 Å². The van der Waals surface area contributed by atoms with Gasteiger partial charge in [-0.1, -0.05) is 54.1 Å². The van der Waals surface area contributed by atoms with Gasteiger partial charge in [0.05, 0.1) is 0 Å². The molecule has 0 aromatic heterocycles. The zero-order valence-electron chi connectivity index (χ0n) is 14.7. The molecule has 3 rings (SSSR count). The molecule has 0 unspecified atom stereocenters. The van der Waals surface area contributed by atoms with E-state index in [0.29, 0.717) is 10.8 Å². The van der Waals surface area contributed by atoms with E-state index in [9.17, 15) is 4.79 Å². The minimum atomic E-state index is 0.0272. The maximum absolute atomic E-state index is 12.3. The number of amides is 1. The lowest BCUT2D eigenvalue weighted by Gasteiger charge is -2.34. The summed E-state index contributed by atoms with van der Waals surface area (Å²) in [6, 6.07) is 17.3. The molecule has 26 heavy (non-hydrogen) atoms. The van der Waals surface area contributed by atoms with Crippen molar-refractivity contribution in [2.75, 3.05) is 39.3 Å². The summed E-state index contributed by atoms with van der Waals surface area (Å²) in [5.41, 5.74) is 1.21. The molecule has 5 heteroatoms. The van der Waals surface area contributed by atoms with E-state index in [4.69, 9.17) is 16.3 Å². The van der Waals surface area contributed by atoms with E-state index in [1.54, 1.807) is 24.3 Å². The largest absolute Gasteiger partial charge is 0.484 e. The highest BCUT2D eigenvalue weighted by Gasteiger charge is 2.20. The number of piperazine rings is 1. The topological polar surface area (TPSA) is 32.8 Å². The fourth-order valence-corrected chi connectivity index (χ4v) is 2.98. The smallest absolute Gasteiger partial charge is 0.260 e. The number of hydrogen-bond acceptors (Lipinski definition) is 3. The normalized spacial score (nSPS) is 15.3. The Bertz CT molecular complexity index is 723. The third-order valence-corrected chi connectivity index (χ3v) is 4.63. The molecule has 0 atom stereocenters. The second-order valence-electron chi connectivity index (χ2n) is 6.24. The van der Waals surface area contributed by atoms with E-state index in [-0.39, 0.29) is 12.5 Å². The maximum atomic E-state index is 12.3. The van der Waals surface area contributed by atoms with Gasteiger partial charge in [0.15, 0.2) is 6.61 Å². The Balaban J connectivity index is 1.38. The number of carbonyl (C=O) groups is 1. The summed E-state index contributed by atoms with van der Waals surface area (Å²) in [6.45, 7) is 4.20. The van der Waals surface area contributed by atoms with Crippen molar-refractivity contribution in [3.63, 3.8) is 0 Å². The molecule has 0 spiro atoms. The molecule has 1 amide bonds. The molecule has 136 valence electrons. The second-order valence-corrected chi connectivity index (χ2v) is 6.67. The zero-order chi connectivity index (χ0) is 18.2. The van der Waals surface area contributed by atoms with E-state index in [0.717, 1.165) is 32.7 Å². The predicted molar refractivity (Wildman–Crippen MR) is 105 cm³/mol. The quantitative estimate of drug-likeness (QED) is 0.779. The highest BCUT2D eigenvalue weighted by Crippen LogP contribution is 2.15. The average Bonchev–Trinajstić information content (AvgIpc) is 2.69. The lowest BCUT2D eigenvalue weighted by molar-refractivity contribution is -0.135. The van der Waals surface area contributed by atoms with Crippen LogP contribution in [0.15, 0.2) is 60.7 Å². The number of benzene rings is 2. The van der Waals surface area contributed by atoms with Crippen molar-refractivity contribution in [3.8, 4) is 5.75 Å². The van der Waals surface area contributed by atoms with Gasteiger partial charge in [-0.2, -0.15) is 0 Å². The van der Waals surface area contributed by atoms with E-state index in [1.165, 1.54) is 5.56 Å². The van der Waals surface area contributed by atoms with Gasteiger partial charge in [-0.05, 0) is 29.8 Å². The fraction of sp³-hybridized carbons (Fsp3) is 0.286. The predicted octanol–water partition coefficient (Wildman–Crippen LogP) is 3.58. The Labute approximate surface area is 159 Å². The van der Waals surface area contributed by atoms with Crippen LogP contribution < -0.4 is 4.74 Å². The van der Waals surface area contributed by atoms with Crippen LogP contribution in [0, 0.1) is 0 Å². The van der Waals surface area contributed by atoms with Crippen molar-refractivity contribution in [1.82, 2.24) is 9.80 Å². The minimum Gasteiger partial charge on any atom is -0.484 e. The lowest BCUT2D eigenvalue weighted by atomic mass is 10.2. The summed E-state index contributed by atoms with van der Waals surface area (Å²) in [5, 5.41) is 0.654. The summed E-state index contributed by atoms with van der Waals surface area (Å²) in [7, 11) is 0. The van der Waals surface area contributed by atoms with Crippen LogP contribution in [0.4, 0.5) is 0 Å². The Kier molecular flexibility index (Phi) is 6.69. The van der Waals surface area contributed by atoms with Gasteiger partial charge < -0.3 is 9.64 Å². The molecule has 2 aromatic rings. The van der Waals surface area contributed by atoms with Crippen LogP contribution in [-0.2, 0) is 4.79 Å². The molecule has 1 saturated heterocycles. The third-order valence-electron chi connectivity index (χ3n) is 4.37. The van der Waals surface area contributed by atoms with Gasteiger partial charge >= 0.3 is 0 Å². The highest BCUT2D eigenvalue weighted by molar-refractivity contribution is 6.30. The SMILES string of the molecule is O=C(COc1ccc(Cl)cc1)N1CCN(C/C=C\c2ccccc2)CC1. The third kappa shape index (κ3) is 5.61.